The van der Waals surface area contributed by atoms with Gasteiger partial charge in [0.25, 0.3) is 0 Å². The summed E-state index contributed by atoms with van der Waals surface area (Å²) in [5.74, 6) is -0.145. The third-order valence-corrected chi connectivity index (χ3v) is 4.65. The predicted octanol–water partition coefficient (Wildman–Crippen LogP) is 2.89. The molecule has 0 amide bonds. The summed E-state index contributed by atoms with van der Waals surface area (Å²) in [6.07, 6.45) is 1.46. The molecule has 102 valence electrons. The number of halogens is 2. The summed E-state index contributed by atoms with van der Waals surface area (Å²) < 4.78 is 43.7. The lowest BCUT2D eigenvalue weighted by Crippen LogP contribution is -2.26. The fourth-order valence-corrected chi connectivity index (χ4v) is 2.93. The van der Waals surface area contributed by atoms with Crippen molar-refractivity contribution in [3.63, 3.8) is 0 Å². The monoisotopic (exact) mass is 303 g/mol. The van der Waals surface area contributed by atoms with Crippen LogP contribution >= 0.6 is 11.6 Å². The maximum atomic E-state index is 13.0. The van der Waals surface area contributed by atoms with Crippen molar-refractivity contribution in [1.29, 1.82) is 0 Å². The fourth-order valence-electron chi connectivity index (χ4n) is 1.52. The molecule has 2 rings (SSSR count). The fraction of sp³-hybridized carbons (Fsp3) is 0.167. The summed E-state index contributed by atoms with van der Waals surface area (Å²) >= 11 is 5.59. The van der Waals surface area contributed by atoms with Crippen LogP contribution in [0.15, 0.2) is 45.9 Å². The molecule has 0 saturated carbocycles. The predicted molar refractivity (Wildman–Crippen MR) is 68.8 cm³/mol. The van der Waals surface area contributed by atoms with E-state index >= 15 is 0 Å². The van der Waals surface area contributed by atoms with Crippen LogP contribution in [-0.4, -0.2) is 19.8 Å². The Bertz CT molecular complexity index is 670. The largest absolute Gasteiger partial charge is 0.468 e. The average molecular weight is 304 g/mol. The van der Waals surface area contributed by atoms with Crippen LogP contribution in [0.3, 0.4) is 0 Å². The summed E-state index contributed by atoms with van der Waals surface area (Å²) in [6, 6.07) is 6.63. The molecule has 0 N–H and O–H groups in total. The van der Waals surface area contributed by atoms with E-state index in [4.69, 9.17) is 16.0 Å². The highest BCUT2D eigenvalue weighted by molar-refractivity contribution is 7.89. The molecule has 0 saturated heterocycles. The van der Waals surface area contributed by atoms with E-state index < -0.39 is 15.8 Å². The van der Waals surface area contributed by atoms with Gasteiger partial charge in [-0.05, 0) is 30.3 Å². The maximum absolute atomic E-state index is 13.0. The zero-order valence-corrected chi connectivity index (χ0v) is 11.6. The lowest BCUT2D eigenvalue weighted by molar-refractivity contribution is 0.406. The van der Waals surface area contributed by atoms with Gasteiger partial charge in [-0.2, -0.15) is 4.31 Å². The van der Waals surface area contributed by atoms with Crippen LogP contribution in [0, 0.1) is 5.82 Å². The van der Waals surface area contributed by atoms with E-state index in [1.807, 2.05) is 0 Å². The van der Waals surface area contributed by atoms with Crippen molar-refractivity contribution in [3.05, 3.63) is 53.2 Å². The number of benzene rings is 1. The molecule has 4 nitrogen and oxygen atoms in total. The molecule has 0 aliphatic heterocycles. The summed E-state index contributed by atoms with van der Waals surface area (Å²) in [7, 11) is -2.32. The molecule has 2 aromatic rings. The summed E-state index contributed by atoms with van der Waals surface area (Å²) in [6.45, 7) is 0.0876. The van der Waals surface area contributed by atoms with E-state index in [0.29, 0.717) is 5.76 Å². The first kappa shape index (κ1) is 14.0. The van der Waals surface area contributed by atoms with Crippen molar-refractivity contribution in [2.45, 2.75) is 11.4 Å². The van der Waals surface area contributed by atoms with Crippen LogP contribution in [0.2, 0.25) is 5.02 Å². The highest BCUT2D eigenvalue weighted by Crippen LogP contribution is 2.22. The van der Waals surface area contributed by atoms with Crippen molar-refractivity contribution in [3.8, 4) is 0 Å². The third kappa shape index (κ3) is 2.97. The molecular formula is C12H11ClFNO3S. The number of sulfonamides is 1. The Kier molecular flexibility index (Phi) is 3.93. The van der Waals surface area contributed by atoms with Crippen molar-refractivity contribution in [1.82, 2.24) is 4.31 Å². The van der Waals surface area contributed by atoms with E-state index in [0.717, 1.165) is 16.4 Å². The molecule has 0 spiro atoms. The number of furan rings is 1. The highest BCUT2D eigenvalue weighted by Gasteiger charge is 2.22. The van der Waals surface area contributed by atoms with Crippen LogP contribution in [-0.2, 0) is 16.6 Å². The molecule has 1 aromatic carbocycles. The van der Waals surface area contributed by atoms with Gasteiger partial charge >= 0.3 is 0 Å². The summed E-state index contributed by atoms with van der Waals surface area (Å²) in [5, 5.41) is -0.229. The van der Waals surface area contributed by atoms with Crippen molar-refractivity contribution < 1.29 is 17.2 Å². The summed E-state index contributed by atoms with van der Waals surface area (Å²) in [4.78, 5) is -0.0621. The third-order valence-electron chi connectivity index (χ3n) is 2.56. The van der Waals surface area contributed by atoms with Gasteiger partial charge in [0.05, 0.1) is 22.7 Å². The van der Waals surface area contributed by atoms with E-state index in [2.05, 4.69) is 0 Å². The SMILES string of the molecule is CN(Cc1ccco1)S(=O)(=O)c1ccc(F)c(Cl)c1. The number of rotatable bonds is 4. The molecule has 0 aliphatic rings. The smallest absolute Gasteiger partial charge is 0.243 e. The Morgan fingerprint density at radius 3 is 2.68 bits per heavy atom. The number of hydrogen-bond donors (Lipinski definition) is 0. The van der Waals surface area contributed by atoms with Gasteiger partial charge in [-0.25, -0.2) is 12.8 Å². The quantitative estimate of drug-likeness (QED) is 0.872. The lowest BCUT2D eigenvalue weighted by atomic mass is 10.3. The molecule has 0 fully saturated rings. The second kappa shape index (κ2) is 5.32. The van der Waals surface area contributed by atoms with E-state index in [1.165, 1.54) is 19.4 Å². The lowest BCUT2D eigenvalue weighted by Gasteiger charge is -2.16. The molecule has 1 aromatic heterocycles. The normalized spacial score (nSPS) is 12.0. The Morgan fingerprint density at radius 1 is 1.37 bits per heavy atom. The number of nitrogens with zero attached hydrogens (tertiary/aromatic N) is 1. The Morgan fingerprint density at radius 2 is 2.11 bits per heavy atom. The minimum atomic E-state index is -3.73. The number of hydrogen-bond acceptors (Lipinski definition) is 3. The van der Waals surface area contributed by atoms with Crippen molar-refractivity contribution in [2.24, 2.45) is 0 Å². The first-order valence-corrected chi connectivity index (χ1v) is 7.17. The van der Waals surface area contributed by atoms with Gasteiger partial charge in [0, 0.05) is 7.05 Å². The topological polar surface area (TPSA) is 50.5 Å². The minimum absolute atomic E-state index is 0.0621. The van der Waals surface area contributed by atoms with Crippen molar-refractivity contribution >= 4 is 21.6 Å². The average Bonchev–Trinajstić information content (AvgIpc) is 2.85. The van der Waals surface area contributed by atoms with Gasteiger partial charge < -0.3 is 4.42 Å². The molecule has 1 heterocycles. The van der Waals surface area contributed by atoms with Gasteiger partial charge in [-0.15, -0.1) is 0 Å². The first-order valence-electron chi connectivity index (χ1n) is 5.35. The highest BCUT2D eigenvalue weighted by atomic mass is 35.5. The standard InChI is InChI=1S/C12H11ClFNO3S/c1-15(8-9-3-2-6-18-9)19(16,17)10-4-5-12(14)11(13)7-10/h2-7H,8H2,1H3. The van der Waals surface area contributed by atoms with Gasteiger partial charge in [-0.1, -0.05) is 11.6 Å². The molecular weight excluding hydrogens is 293 g/mol. The zero-order chi connectivity index (χ0) is 14.0. The van der Waals surface area contributed by atoms with Gasteiger partial charge in [0.15, 0.2) is 0 Å². The molecule has 0 atom stereocenters. The Labute approximate surface area is 115 Å². The van der Waals surface area contributed by atoms with Gasteiger partial charge in [-0.3, -0.25) is 0 Å². The van der Waals surface area contributed by atoms with Crippen LogP contribution in [0.4, 0.5) is 4.39 Å². The van der Waals surface area contributed by atoms with E-state index in [-0.39, 0.29) is 16.5 Å². The molecule has 7 heteroatoms. The second-order valence-corrected chi connectivity index (χ2v) is 6.37. The molecule has 19 heavy (non-hydrogen) atoms. The Hall–Kier alpha value is -1.37. The van der Waals surface area contributed by atoms with Crippen LogP contribution in [0.25, 0.3) is 0 Å². The molecule has 0 radical (unpaired) electrons. The first-order chi connectivity index (χ1) is 8.91. The van der Waals surface area contributed by atoms with Crippen LogP contribution < -0.4 is 0 Å². The van der Waals surface area contributed by atoms with Crippen LogP contribution in [0.1, 0.15) is 5.76 Å². The van der Waals surface area contributed by atoms with Gasteiger partial charge in [0.2, 0.25) is 10.0 Å². The van der Waals surface area contributed by atoms with Gasteiger partial charge in [0.1, 0.15) is 11.6 Å². The molecule has 0 bridgehead atoms. The van der Waals surface area contributed by atoms with E-state index in [9.17, 15) is 12.8 Å². The zero-order valence-electron chi connectivity index (χ0n) is 10.0. The molecule has 0 aliphatic carbocycles. The minimum Gasteiger partial charge on any atom is -0.468 e. The maximum Gasteiger partial charge on any atom is 0.243 e. The van der Waals surface area contributed by atoms with Crippen molar-refractivity contribution in [2.75, 3.05) is 7.05 Å². The van der Waals surface area contributed by atoms with E-state index in [1.54, 1.807) is 12.1 Å². The summed E-state index contributed by atoms with van der Waals surface area (Å²) in [5.41, 5.74) is 0. The van der Waals surface area contributed by atoms with Crippen LogP contribution in [0.5, 0.6) is 0 Å². The Balaban J connectivity index is 2.28. The molecule has 0 unspecified atom stereocenters. The second-order valence-electron chi connectivity index (χ2n) is 3.92.